The molecule has 0 aliphatic carbocycles. The molecule has 0 heterocycles. The van der Waals surface area contributed by atoms with E-state index in [0.29, 0.717) is 6.61 Å². The number of hydrogen-bond donors (Lipinski definition) is 0. The van der Waals surface area contributed by atoms with Gasteiger partial charge < -0.3 is 9.47 Å². The average molecular weight is 304 g/mol. The lowest BCUT2D eigenvalue weighted by Gasteiger charge is -2.19. The Labute approximate surface area is 124 Å². The number of ether oxygens (including phenoxy) is 2. The molecule has 1 aromatic carbocycles. The van der Waals surface area contributed by atoms with Crippen molar-refractivity contribution < 1.29 is 22.6 Å². The molecule has 0 N–H and O–H groups in total. The van der Waals surface area contributed by atoms with E-state index in [4.69, 9.17) is 9.47 Å². The molecule has 120 valence electrons. The third-order valence-corrected chi connectivity index (χ3v) is 3.17. The SMILES string of the molecule is CCCCOc1ccc(OCCCC)c(C(F)(F)F)c1C. The summed E-state index contributed by atoms with van der Waals surface area (Å²) in [5.41, 5.74) is -0.639. The molecule has 0 spiro atoms. The summed E-state index contributed by atoms with van der Waals surface area (Å²) in [6.45, 7) is 6.10. The molecule has 0 atom stereocenters. The van der Waals surface area contributed by atoms with Crippen molar-refractivity contribution in [1.29, 1.82) is 0 Å². The lowest BCUT2D eigenvalue weighted by molar-refractivity contribution is -0.139. The Hall–Kier alpha value is -1.39. The number of halogens is 3. The normalized spacial score (nSPS) is 11.5. The maximum atomic E-state index is 13.3. The van der Waals surface area contributed by atoms with Crippen LogP contribution in [0.2, 0.25) is 0 Å². The zero-order chi connectivity index (χ0) is 15.9. The highest BCUT2D eigenvalue weighted by Gasteiger charge is 2.37. The maximum absolute atomic E-state index is 13.3. The molecule has 5 heteroatoms. The summed E-state index contributed by atoms with van der Waals surface area (Å²) < 4.78 is 50.5. The van der Waals surface area contributed by atoms with Crippen LogP contribution in [0.25, 0.3) is 0 Å². The predicted octanol–water partition coefficient (Wildman–Crippen LogP) is 5.37. The van der Waals surface area contributed by atoms with Crippen LogP contribution in [0.1, 0.15) is 50.7 Å². The lowest BCUT2D eigenvalue weighted by Crippen LogP contribution is -2.13. The summed E-state index contributed by atoms with van der Waals surface area (Å²) in [7, 11) is 0. The van der Waals surface area contributed by atoms with Gasteiger partial charge in [0.15, 0.2) is 0 Å². The zero-order valence-electron chi connectivity index (χ0n) is 12.8. The maximum Gasteiger partial charge on any atom is 0.420 e. The van der Waals surface area contributed by atoms with Gasteiger partial charge in [-0.2, -0.15) is 13.2 Å². The molecule has 0 unspecified atom stereocenters. The molecule has 0 fully saturated rings. The molecule has 2 nitrogen and oxygen atoms in total. The van der Waals surface area contributed by atoms with Gasteiger partial charge in [0.1, 0.15) is 17.1 Å². The fraction of sp³-hybridized carbons (Fsp3) is 0.625. The largest absolute Gasteiger partial charge is 0.493 e. The number of alkyl halides is 3. The Morgan fingerprint density at radius 3 is 1.86 bits per heavy atom. The fourth-order valence-electron chi connectivity index (χ4n) is 1.95. The minimum atomic E-state index is -4.45. The van der Waals surface area contributed by atoms with Crippen LogP contribution < -0.4 is 9.47 Å². The molecule has 1 rings (SSSR count). The van der Waals surface area contributed by atoms with Gasteiger partial charge in [0.05, 0.1) is 13.2 Å². The Bertz CT molecular complexity index is 442. The van der Waals surface area contributed by atoms with Gasteiger partial charge in [-0.25, -0.2) is 0 Å². The van der Waals surface area contributed by atoms with Gasteiger partial charge in [0.25, 0.3) is 0 Å². The van der Waals surface area contributed by atoms with Crippen LogP contribution in [0.15, 0.2) is 12.1 Å². The van der Waals surface area contributed by atoms with Crippen LogP contribution in [0.4, 0.5) is 13.2 Å². The van der Waals surface area contributed by atoms with Crippen molar-refractivity contribution >= 4 is 0 Å². The van der Waals surface area contributed by atoms with Crippen molar-refractivity contribution in [3.05, 3.63) is 23.3 Å². The van der Waals surface area contributed by atoms with Crippen LogP contribution in [0.5, 0.6) is 11.5 Å². The molecular formula is C16H23F3O2. The molecule has 21 heavy (non-hydrogen) atoms. The molecule has 0 saturated heterocycles. The van der Waals surface area contributed by atoms with Gasteiger partial charge in [-0.05, 0) is 31.9 Å². The van der Waals surface area contributed by atoms with E-state index in [2.05, 4.69) is 0 Å². The van der Waals surface area contributed by atoms with Crippen molar-refractivity contribution in [2.24, 2.45) is 0 Å². The van der Waals surface area contributed by atoms with Gasteiger partial charge in [-0.15, -0.1) is 0 Å². The number of rotatable bonds is 8. The highest BCUT2D eigenvalue weighted by molar-refractivity contribution is 5.49. The van der Waals surface area contributed by atoms with Crippen molar-refractivity contribution in [2.75, 3.05) is 13.2 Å². The van der Waals surface area contributed by atoms with Gasteiger partial charge in [0.2, 0.25) is 0 Å². The van der Waals surface area contributed by atoms with E-state index in [1.807, 2.05) is 13.8 Å². The highest BCUT2D eigenvalue weighted by atomic mass is 19.4. The first-order chi connectivity index (χ1) is 9.91. The van der Waals surface area contributed by atoms with E-state index < -0.39 is 11.7 Å². The molecular weight excluding hydrogens is 281 g/mol. The van der Waals surface area contributed by atoms with Crippen LogP contribution >= 0.6 is 0 Å². The second kappa shape index (κ2) is 8.15. The molecule has 1 aromatic rings. The Kier molecular flexibility index (Phi) is 6.85. The molecule has 0 saturated carbocycles. The quantitative estimate of drug-likeness (QED) is 0.601. The van der Waals surface area contributed by atoms with Crippen molar-refractivity contribution in [1.82, 2.24) is 0 Å². The van der Waals surface area contributed by atoms with Crippen molar-refractivity contribution in [2.45, 2.75) is 52.6 Å². The van der Waals surface area contributed by atoms with E-state index in [0.717, 1.165) is 25.7 Å². The van der Waals surface area contributed by atoms with Crippen LogP contribution in [-0.2, 0) is 6.18 Å². The van der Waals surface area contributed by atoms with Gasteiger partial charge in [0, 0.05) is 5.56 Å². The van der Waals surface area contributed by atoms with E-state index in [1.165, 1.54) is 13.0 Å². The summed E-state index contributed by atoms with van der Waals surface area (Å²) in [5.74, 6) is 0.162. The lowest BCUT2D eigenvalue weighted by atomic mass is 10.1. The standard InChI is InChI=1S/C16H23F3O2/c1-4-6-10-20-13-8-9-14(21-11-7-5-2)15(12(13)3)16(17,18)19/h8-9H,4-7,10-11H2,1-3H3. The number of unbranched alkanes of at least 4 members (excludes halogenated alkanes) is 2. The van der Waals surface area contributed by atoms with Gasteiger partial charge in [-0.1, -0.05) is 26.7 Å². The minimum Gasteiger partial charge on any atom is -0.493 e. The molecule has 0 aliphatic heterocycles. The van der Waals surface area contributed by atoms with Crippen LogP contribution in [0.3, 0.4) is 0 Å². The minimum absolute atomic E-state index is 0.0904. The first-order valence-electron chi connectivity index (χ1n) is 7.38. The van der Waals surface area contributed by atoms with E-state index in [9.17, 15) is 13.2 Å². The van der Waals surface area contributed by atoms with E-state index in [1.54, 1.807) is 6.07 Å². The first-order valence-corrected chi connectivity index (χ1v) is 7.38. The van der Waals surface area contributed by atoms with Gasteiger partial charge in [-0.3, -0.25) is 0 Å². The second-order valence-electron chi connectivity index (χ2n) is 4.96. The molecule has 0 bridgehead atoms. The fourth-order valence-corrected chi connectivity index (χ4v) is 1.95. The van der Waals surface area contributed by atoms with Crippen LogP contribution in [0, 0.1) is 6.92 Å². The molecule has 0 radical (unpaired) electrons. The van der Waals surface area contributed by atoms with Gasteiger partial charge >= 0.3 is 6.18 Å². The first kappa shape index (κ1) is 17.7. The third kappa shape index (κ3) is 5.14. The molecule has 0 aliphatic rings. The number of benzene rings is 1. The zero-order valence-corrected chi connectivity index (χ0v) is 12.8. The Morgan fingerprint density at radius 1 is 0.905 bits per heavy atom. The highest BCUT2D eigenvalue weighted by Crippen LogP contribution is 2.42. The third-order valence-electron chi connectivity index (χ3n) is 3.17. The Morgan fingerprint density at radius 2 is 1.38 bits per heavy atom. The second-order valence-corrected chi connectivity index (χ2v) is 4.96. The summed E-state index contributed by atoms with van der Waals surface area (Å²) in [6.07, 6.45) is -1.10. The summed E-state index contributed by atoms with van der Waals surface area (Å²) in [5, 5.41) is 0. The van der Waals surface area contributed by atoms with Crippen molar-refractivity contribution in [3.63, 3.8) is 0 Å². The molecule has 0 aromatic heterocycles. The monoisotopic (exact) mass is 304 g/mol. The average Bonchev–Trinajstić information content (AvgIpc) is 2.40. The Balaban J connectivity index is 3.02. The summed E-state index contributed by atoms with van der Waals surface area (Å²) >= 11 is 0. The summed E-state index contributed by atoms with van der Waals surface area (Å²) in [4.78, 5) is 0. The van der Waals surface area contributed by atoms with Crippen LogP contribution in [-0.4, -0.2) is 13.2 Å². The van der Waals surface area contributed by atoms with E-state index >= 15 is 0 Å². The smallest absolute Gasteiger partial charge is 0.420 e. The van der Waals surface area contributed by atoms with E-state index in [-0.39, 0.29) is 23.7 Å². The summed E-state index contributed by atoms with van der Waals surface area (Å²) in [6, 6.07) is 2.91. The molecule has 0 amide bonds. The topological polar surface area (TPSA) is 18.5 Å². The number of hydrogen-bond acceptors (Lipinski definition) is 2. The van der Waals surface area contributed by atoms with Crippen molar-refractivity contribution in [3.8, 4) is 11.5 Å². The predicted molar refractivity (Wildman–Crippen MR) is 77.0 cm³/mol.